The van der Waals surface area contributed by atoms with Crippen molar-refractivity contribution < 1.29 is 0 Å². The number of hydrogen-bond donors (Lipinski definition) is 2. The Morgan fingerprint density at radius 1 is 1.50 bits per heavy atom. The van der Waals surface area contributed by atoms with Crippen LogP contribution in [0.1, 0.15) is 20.3 Å². The zero-order chi connectivity index (χ0) is 10.2. The van der Waals surface area contributed by atoms with Gasteiger partial charge in [-0.2, -0.15) is 0 Å². The van der Waals surface area contributed by atoms with Gasteiger partial charge in [0.15, 0.2) is 0 Å². The van der Waals surface area contributed by atoms with Gasteiger partial charge in [-0.15, -0.1) is 0 Å². The lowest BCUT2D eigenvalue weighted by atomic mass is 10.1. The van der Waals surface area contributed by atoms with Gasteiger partial charge in [0.2, 0.25) is 5.95 Å². The van der Waals surface area contributed by atoms with Gasteiger partial charge in [0.1, 0.15) is 0 Å². The van der Waals surface area contributed by atoms with Crippen molar-refractivity contribution in [2.45, 2.75) is 20.3 Å². The number of aromatic nitrogens is 2. The molecular weight excluding hydrogens is 176 g/mol. The van der Waals surface area contributed by atoms with E-state index in [1.807, 2.05) is 0 Å². The standard InChI is InChI=1S/C10H16N4/c1-10(2)3-7(10)4-12-9-13-5-8(11)6-14-9/h5-7H,3-4,11H2,1-2H3,(H,12,13,14). The zero-order valence-corrected chi connectivity index (χ0v) is 8.62. The van der Waals surface area contributed by atoms with Crippen LogP contribution in [0.25, 0.3) is 0 Å². The highest BCUT2D eigenvalue weighted by atomic mass is 15.1. The van der Waals surface area contributed by atoms with E-state index >= 15 is 0 Å². The molecule has 0 aliphatic heterocycles. The smallest absolute Gasteiger partial charge is 0.222 e. The van der Waals surface area contributed by atoms with Crippen LogP contribution in [0.15, 0.2) is 12.4 Å². The lowest BCUT2D eigenvalue weighted by molar-refractivity contribution is 0.572. The highest BCUT2D eigenvalue weighted by molar-refractivity contribution is 5.36. The fraction of sp³-hybridized carbons (Fsp3) is 0.600. The second-order valence-electron chi connectivity index (χ2n) is 4.61. The molecule has 0 amide bonds. The summed E-state index contributed by atoms with van der Waals surface area (Å²) in [6.07, 6.45) is 4.52. The van der Waals surface area contributed by atoms with Crippen molar-refractivity contribution in [3.8, 4) is 0 Å². The third-order valence-electron chi connectivity index (χ3n) is 2.90. The molecule has 1 aliphatic rings. The van der Waals surface area contributed by atoms with Crippen LogP contribution >= 0.6 is 0 Å². The van der Waals surface area contributed by atoms with E-state index in [4.69, 9.17) is 5.73 Å². The van der Waals surface area contributed by atoms with Crippen molar-refractivity contribution in [3.63, 3.8) is 0 Å². The fourth-order valence-corrected chi connectivity index (χ4v) is 1.57. The van der Waals surface area contributed by atoms with Gasteiger partial charge in [0.25, 0.3) is 0 Å². The maximum absolute atomic E-state index is 5.49. The molecule has 1 atom stereocenters. The molecule has 1 heterocycles. The Balaban J connectivity index is 1.84. The highest BCUT2D eigenvalue weighted by Crippen LogP contribution is 2.51. The maximum atomic E-state index is 5.49. The van der Waals surface area contributed by atoms with Crippen molar-refractivity contribution in [1.82, 2.24) is 9.97 Å². The van der Waals surface area contributed by atoms with Crippen molar-refractivity contribution in [1.29, 1.82) is 0 Å². The summed E-state index contributed by atoms with van der Waals surface area (Å²) in [6, 6.07) is 0. The van der Waals surface area contributed by atoms with E-state index in [-0.39, 0.29) is 0 Å². The van der Waals surface area contributed by atoms with Gasteiger partial charge >= 0.3 is 0 Å². The Bertz CT molecular complexity index is 317. The first-order chi connectivity index (χ1) is 6.58. The summed E-state index contributed by atoms with van der Waals surface area (Å²) in [5.74, 6) is 1.42. The molecule has 14 heavy (non-hydrogen) atoms. The van der Waals surface area contributed by atoms with Crippen LogP contribution in [-0.4, -0.2) is 16.5 Å². The second kappa shape index (κ2) is 3.12. The number of nitrogens with zero attached hydrogens (tertiary/aromatic N) is 2. The van der Waals surface area contributed by atoms with Crippen LogP contribution in [0.2, 0.25) is 0 Å². The molecule has 0 bridgehead atoms. The lowest BCUT2D eigenvalue weighted by Gasteiger charge is -2.05. The molecule has 1 aromatic heterocycles. The maximum Gasteiger partial charge on any atom is 0.222 e. The third-order valence-corrected chi connectivity index (χ3v) is 2.90. The van der Waals surface area contributed by atoms with Crippen molar-refractivity contribution in [3.05, 3.63) is 12.4 Å². The number of nitrogen functional groups attached to an aromatic ring is 1. The van der Waals surface area contributed by atoms with Gasteiger partial charge in [0.05, 0.1) is 18.1 Å². The summed E-state index contributed by atoms with van der Waals surface area (Å²) < 4.78 is 0. The van der Waals surface area contributed by atoms with E-state index in [9.17, 15) is 0 Å². The van der Waals surface area contributed by atoms with Crippen molar-refractivity contribution >= 4 is 11.6 Å². The van der Waals surface area contributed by atoms with Crippen LogP contribution in [0.3, 0.4) is 0 Å². The fourth-order valence-electron chi connectivity index (χ4n) is 1.57. The molecule has 1 fully saturated rings. The molecule has 3 N–H and O–H groups in total. The Kier molecular flexibility index (Phi) is 2.06. The molecule has 76 valence electrons. The number of anilines is 2. The van der Waals surface area contributed by atoms with Gasteiger partial charge in [0, 0.05) is 6.54 Å². The highest BCUT2D eigenvalue weighted by Gasteiger charge is 2.45. The van der Waals surface area contributed by atoms with Crippen molar-refractivity contribution in [2.24, 2.45) is 11.3 Å². The van der Waals surface area contributed by atoms with Crippen LogP contribution in [0.5, 0.6) is 0 Å². The van der Waals surface area contributed by atoms with Crippen LogP contribution in [0, 0.1) is 11.3 Å². The first kappa shape index (κ1) is 9.24. The van der Waals surface area contributed by atoms with Gasteiger partial charge in [-0.3, -0.25) is 0 Å². The average molecular weight is 192 g/mol. The van der Waals surface area contributed by atoms with E-state index in [1.165, 1.54) is 6.42 Å². The molecule has 0 spiro atoms. The molecule has 0 aromatic carbocycles. The molecule has 1 aromatic rings. The lowest BCUT2D eigenvalue weighted by Crippen LogP contribution is -2.09. The average Bonchev–Trinajstić information content (AvgIpc) is 2.73. The molecule has 2 rings (SSSR count). The summed E-state index contributed by atoms with van der Waals surface area (Å²) in [6.45, 7) is 5.52. The molecule has 4 heteroatoms. The van der Waals surface area contributed by atoms with E-state index in [0.717, 1.165) is 12.5 Å². The summed E-state index contributed by atoms with van der Waals surface area (Å²) in [4.78, 5) is 8.16. The minimum absolute atomic E-state index is 0.501. The first-order valence-corrected chi connectivity index (χ1v) is 4.89. The van der Waals surface area contributed by atoms with Crippen LogP contribution < -0.4 is 11.1 Å². The molecule has 0 radical (unpaired) electrons. The van der Waals surface area contributed by atoms with Crippen LogP contribution in [-0.2, 0) is 0 Å². The minimum Gasteiger partial charge on any atom is -0.396 e. The summed E-state index contributed by atoms with van der Waals surface area (Å²) >= 11 is 0. The number of hydrogen-bond acceptors (Lipinski definition) is 4. The van der Waals surface area contributed by atoms with Gasteiger partial charge in [-0.25, -0.2) is 9.97 Å². The molecule has 0 saturated heterocycles. The van der Waals surface area contributed by atoms with Gasteiger partial charge in [-0.1, -0.05) is 13.8 Å². The van der Waals surface area contributed by atoms with Crippen molar-refractivity contribution in [2.75, 3.05) is 17.6 Å². The topological polar surface area (TPSA) is 63.8 Å². The number of rotatable bonds is 3. The zero-order valence-electron chi connectivity index (χ0n) is 8.62. The number of nitrogens with two attached hydrogens (primary N) is 1. The largest absolute Gasteiger partial charge is 0.396 e. The minimum atomic E-state index is 0.501. The van der Waals surface area contributed by atoms with Crippen LogP contribution in [0.4, 0.5) is 11.6 Å². The predicted molar refractivity (Wildman–Crippen MR) is 56.8 cm³/mol. The van der Waals surface area contributed by atoms with E-state index in [1.54, 1.807) is 12.4 Å². The molecule has 4 nitrogen and oxygen atoms in total. The SMILES string of the molecule is CC1(C)CC1CNc1ncc(N)cn1. The summed E-state index contributed by atoms with van der Waals surface area (Å²) in [5, 5.41) is 3.21. The summed E-state index contributed by atoms with van der Waals surface area (Å²) in [5.41, 5.74) is 6.59. The second-order valence-corrected chi connectivity index (χ2v) is 4.61. The summed E-state index contributed by atoms with van der Waals surface area (Å²) in [7, 11) is 0. The third kappa shape index (κ3) is 1.95. The predicted octanol–water partition coefficient (Wildman–Crippen LogP) is 1.52. The van der Waals surface area contributed by atoms with Gasteiger partial charge in [-0.05, 0) is 17.8 Å². The quantitative estimate of drug-likeness (QED) is 0.762. The monoisotopic (exact) mass is 192 g/mol. The number of nitrogens with one attached hydrogen (secondary N) is 1. The molecular formula is C10H16N4. The first-order valence-electron chi connectivity index (χ1n) is 4.89. The Hall–Kier alpha value is -1.32. The Morgan fingerprint density at radius 2 is 2.07 bits per heavy atom. The van der Waals surface area contributed by atoms with Gasteiger partial charge < -0.3 is 11.1 Å². The molecule has 1 aliphatic carbocycles. The Morgan fingerprint density at radius 3 is 2.57 bits per heavy atom. The molecule has 1 unspecified atom stereocenters. The molecule has 1 saturated carbocycles. The normalized spacial score (nSPS) is 23.1. The van der Waals surface area contributed by atoms with E-state index < -0.39 is 0 Å². The Labute approximate surface area is 83.9 Å². The van der Waals surface area contributed by atoms with E-state index in [2.05, 4.69) is 29.1 Å². The van der Waals surface area contributed by atoms with E-state index in [0.29, 0.717) is 17.1 Å².